The molecule has 2 rings (SSSR count). The van der Waals surface area contributed by atoms with Crippen molar-refractivity contribution in [3.05, 3.63) is 48.0 Å². The molecule has 0 radical (unpaired) electrons. The Balaban J connectivity index is 2.07. The van der Waals surface area contributed by atoms with Crippen molar-refractivity contribution in [3.63, 3.8) is 0 Å². The minimum absolute atomic E-state index is 0.0912. The van der Waals surface area contributed by atoms with Crippen LogP contribution in [0.1, 0.15) is 39.7 Å². The molecular formula is C21H27N. The molecule has 0 saturated heterocycles. The number of hydrogen-bond donors (Lipinski definition) is 0. The monoisotopic (exact) mass is 293 g/mol. The van der Waals surface area contributed by atoms with Gasteiger partial charge in [-0.15, -0.1) is 5.92 Å². The normalized spacial score (nSPS) is 13.0. The van der Waals surface area contributed by atoms with Crippen LogP contribution in [-0.2, 0) is 6.54 Å². The van der Waals surface area contributed by atoms with Crippen molar-refractivity contribution < 1.29 is 0 Å². The quantitative estimate of drug-likeness (QED) is 0.709. The van der Waals surface area contributed by atoms with E-state index < -0.39 is 0 Å². The molecule has 116 valence electrons. The van der Waals surface area contributed by atoms with Crippen LogP contribution in [0.4, 0.5) is 0 Å². The van der Waals surface area contributed by atoms with Gasteiger partial charge in [-0.1, -0.05) is 48.4 Å². The van der Waals surface area contributed by atoms with Crippen LogP contribution < -0.4 is 0 Å². The van der Waals surface area contributed by atoms with Crippen LogP contribution in [0.2, 0.25) is 0 Å². The summed E-state index contributed by atoms with van der Waals surface area (Å²) < 4.78 is 0. The molecule has 0 heterocycles. The Labute approximate surface area is 135 Å². The Hall–Kier alpha value is -1.78. The molecule has 2 aromatic carbocycles. The second-order valence-corrected chi connectivity index (χ2v) is 7.16. The summed E-state index contributed by atoms with van der Waals surface area (Å²) in [6.07, 6.45) is 0.915. The lowest BCUT2D eigenvalue weighted by atomic mass is 9.97. The highest BCUT2D eigenvalue weighted by atomic mass is 15.1. The number of benzene rings is 2. The number of fused-ring (bicyclic) bond motifs is 1. The number of nitrogens with zero attached hydrogens (tertiary/aromatic N) is 1. The zero-order chi connectivity index (χ0) is 16.2. The molecule has 1 nitrogen and oxygen atoms in total. The summed E-state index contributed by atoms with van der Waals surface area (Å²) in [4.78, 5) is 2.39. The van der Waals surface area contributed by atoms with Crippen LogP contribution in [0.25, 0.3) is 10.8 Å². The van der Waals surface area contributed by atoms with Gasteiger partial charge in [0.15, 0.2) is 0 Å². The molecule has 2 aromatic rings. The van der Waals surface area contributed by atoms with E-state index in [1.807, 2.05) is 0 Å². The summed E-state index contributed by atoms with van der Waals surface area (Å²) in [6, 6.07) is 15.6. The summed E-state index contributed by atoms with van der Waals surface area (Å²) in [5.74, 6) is 6.66. The second-order valence-electron chi connectivity index (χ2n) is 7.16. The Morgan fingerprint density at radius 2 is 1.73 bits per heavy atom. The highest BCUT2D eigenvalue weighted by Crippen LogP contribution is 2.20. The van der Waals surface area contributed by atoms with Crippen molar-refractivity contribution in [2.45, 2.75) is 46.7 Å². The van der Waals surface area contributed by atoms with E-state index in [0.717, 1.165) is 13.0 Å². The van der Waals surface area contributed by atoms with E-state index in [4.69, 9.17) is 0 Å². The summed E-state index contributed by atoms with van der Waals surface area (Å²) in [7, 11) is 2.19. The average molecular weight is 293 g/mol. The predicted octanol–water partition coefficient (Wildman–Crippen LogP) is 5.10. The van der Waals surface area contributed by atoms with Crippen molar-refractivity contribution >= 4 is 10.8 Å². The molecule has 1 heteroatoms. The maximum absolute atomic E-state index is 3.34. The molecule has 0 aliphatic rings. The molecule has 0 aromatic heterocycles. The SMILES string of the molecule is CC(CC#CC(C)(C)C)N(C)Cc1cccc2ccccc12. The number of hydrogen-bond acceptors (Lipinski definition) is 1. The first kappa shape index (κ1) is 16.6. The van der Waals surface area contributed by atoms with E-state index in [1.165, 1.54) is 16.3 Å². The van der Waals surface area contributed by atoms with E-state index in [2.05, 4.69) is 93.9 Å². The molecule has 0 N–H and O–H groups in total. The Bertz CT molecular complexity index is 677. The molecule has 22 heavy (non-hydrogen) atoms. The molecule has 0 spiro atoms. The zero-order valence-electron chi connectivity index (χ0n) is 14.5. The van der Waals surface area contributed by atoms with Crippen LogP contribution in [0.3, 0.4) is 0 Å². The van der Waals surface area contributed by atoms with E-state index in [1.54, 1.807) is 0 Å². The van der Waals surface area contributed by atoms with Gasteiger partial charge >= 0.3 is 0 Å². The fourth-order valence-corrected chi connectivity index (χ4v) is 2.47. The first-order chi connectivity index (χ1) is 10.4. The summed E-state index contributed by atoms with van der Waals surface area (Å²) in [6.45, 7) is 9.68. The summed E-state index contributed by atoms with van der Waals surface area (Å²) >= 11 is 0. The maximum atomic E-state index is 3.34. The summed E-state index contributed by atoms with van der Waals surface area (Å²) in [5.41, 5.74) is 1.48. The van der Waals surface area contributed by atoms with Gasteiger partial charge in [0.05, 0.1) is 0 Å². The van der Waals surface area contributed by atoms with Gasteiger partial charge in [0.25, 0.3) is 0 Å². The van der Waals surface area contributed by atoms with Crippen molar-refractivity contribution in [2.75, 3.05) is 7.05 Å². The largest absolute Gasteiger partial charge is 0.298 e. The van der Waals surface area contributed by atoms with Crippen molar-refractivity contribution in [3.8, 4) is 11.8 Å². The van der Waals surface area contributed by atoms with Gasteiger partial charge < -0.3 is 0 Å². The standard InChI is InChI=1S/C21H27N/c1-17(10-9-15-21(2,3)4)22(5)16-19-13-8-12-18-11-6-7-14-20(18)19/h6-8,11-14,17H,10,16H2,1-5H3. The highest BCUT2D eigenvalue weighted by Gasteiger charge is 2.11. The van der Waals surface area contributed by atoms with Gasteiger partial charge in [0, 0.05) is 24.4 Å². The lowest BCUT2D eigenvalue weighted by Gasteiger charge is -2.24. The Morgan fingerprint density at radius 1 is 1.05 bits per heavy atom. The topological polar surface area (TPSA) is 3.24 Å². The van der Waals surface area contributed by atoms with Crippen LogP contribution in [0.5, 0.6) is 0 Å². The Kier molecular flexibility index (Phi) is 5.27. The molecule has 1 atom stereocenters. The minimum atomic E-state index is 0.0912. The van der Waals surface area contributed by atoms with Gasteiger partial charge in [-0.05, 0) is 51.1 Å². The molecule has 0 bridgehead atoms. The van der Waals surface area contributed by atoms with Crippen molar-refractivity contribution in [1.82, 2.24) is 4.90 Å². The van der Waals surface area contributed by atoms with E-state index >= 15 is 0 Å². The number of rotatable bonds is 4. The minimum Gasteiger partial charge on any atom is -0.298 e. The van der Waals surface area contributed by atoms with Crippen LogP contribution in [-0.4, -0.2) is 18.0 Å². The molecule has 0 aliphatic carbocycles. The molecule has 1 unspecified atom stereocenters. The second kappa shape index (κ2) is 6.99. The third kappa shape index (κ3) is 4.61. The maximum Gasteiger partial charge on any atom is 0.0243 e. The van der Waals surface area contributed by atoms with E-state index in [0.29, 0.717) is 6.04 Å². The molecule has 0 amide bonds. The first-order valence-corrected chi connectivity index (χ1v) is 8.04. The molecule has 0 fully saturated rings. The van der Waals surface area contributed by atoms with Gasteiger partial charge in [0.2, 0.25) is 0 Å². The lowest BCUT2D eigenvalue weighted by molar-refractivity contribution is 0.254. The van der Waals surface area contributed by atoms with Gasteiger partial charge in [-0.2, -0.15) is 0 Å². The third-order valence-electron chi connectivity index (χ3n) is 3.91. The fourth-order valence-electron chi connectivity index (χ4n) is 2.47. The molecule has 0 aliphatic heterocycles. The highest BCUT2D eigenvalue weighted by molar-refractivity contribution is 5.85. The zero-order valence-corrected chi connectivity index (χ0v) is 14.5. The predicted molar refractivity (Wildman–Crippen MR) is 96.7 cm³/mol. The average Bonchev–Trinajstić information content (AvgIpc) is 2.46. The molecule has 0 saturated carbocycles. The fraction of sp³-hybridized carbons (Fsp3) is 0.429. The van der Waals surface area contributed by atoms with E-state index in [9.17, 15) is 0 Å². The van der Waals surface area contributed by atoms with Crippen LogP contribution in [0, 0.1) is 17.3 Å². The third-order valence-corrected chi connectivity index (χ3v) is 3.91. The first-order valence-electron chi connectivity index (χ1n) is 8.04. The lowest BCUT2D eigenvalue weighted by Crippen LogP contribution is -2.28. The Morgan fingerprint density at radius 3 is 2.45 bits per heavy atom. The van der Waals surface area contributed by atoms with Crippen LogP contribution in [0.15, 0.2) is 42.5 Å². The van der Waals surface area contributed by atoms with Gasteiger partial charge in [-0.3, -0.25) is 4.90 Å². The smallest absolute Gasteiger partial charge is 0.0243 e. The summed E-state index contributed by atoms with van der Waals surface area (Å²) in [5, 5.41) is 2.67. The van der Waals surface area contributed by atoms with Crippen molar-refractivity contribution in [1.29, 1.82) is 0 Å². The van der Waals surface area contributed by atoms with Gasteiger partial charge in [-0.25, -0.2) is 0 Å². The van der Waals surface area contributed by atoms with Crippen molar-refractivity contribution in [2.24, 2.45) is 5.41 Å². The molecular weight excluding hydrogens is 266 g/mol. The van der Waals surface area contributed by atoms with Crippen LogP contribution >= 0.6 is 0 Å². The van der Waals surface area contributed by atoms with Gasteiger partial charge in [0.1, 0.15) is 0 Å². The van der Waals surface area contributed by atoms with E-state index in [-0.39, 0.29) is 5.41 Å².